The Morgan fingerprint density at radius 2 is 0.882 bits per heavy atom. The van der Waals surface area contributed by atoms with E-state index in [1.165, 1.54) is 33.0 Å². The molecule has 0 spiro atoms. The van der Waals surface area contributed by atoms with Gasteiger partial charge in [0.05, 0.1) is 0 Å². The van der Waals surface area contributed by atoms with Gasteiger partial charge in [0, 0.05) is 0 Å². The molecule has 4 aromatic carbocycles. The largest absolute Gasteiger partial charge is 0.387 e. The number of benzene rings is 4. The maximum atomic E-state index is 8.84. The zero-order valence-corrected chi connectivity index (χ0v) is 19.9. The van der Waals surface area contributed by atoms with Crippen LogP contribution in [0.1, 0.15) is 44.5 Å². The van der Waals surface area contributed by atoms with Gasteiger partial charge in [0.15, 0.2) is 0 Å². The van der Waals surface area contributed by atoms with Gasteiger partial charge >= 0.3 is 0 Å². The van der Waals surface area contributed by atoms with Gasteiger partial charge in [-0.2, -0.15) is 0 Å². The minimum Gasteiger partial charge on any atom is -0.387 e. The molecule has 0 aromatic heterocycles. The second-order valence-corrected chi connectivity index (χ2v) is 8.87. The minimum atomic E-state index is 0.648. The number of nitrogens with zero attached hydrogens (tertiary/aromatic N) is 2. The van der Waals surface area contributed by atoms with E-state index in [4.69, 9.17) is 20.0 Å². The lowest BCUT2D eigenvalue weighted by Crippen LogP contribution is -1.96. The van der Waals surface area contributed by atoms with Crippen LogP contribution in [0.5, 0.6) is 11.5 Å². The summed E-state index contributed by atoms with van der Waals surface area (Å²) in [6, 6.07) is 21.6. The summed E-state index contributed by atoms with van der Waals surface area (Å²) in [5.41, 5.74) is 8.77. The van der Waals surface area contributed by atoms with Gasteiger partial charge in [-0.05, 0) is 95.8 Å². The molecule has 0 bridgehead atoms. The number of aryl methyl sites for hydroxylation is 4. The van der Waals surface area contributed by atoms with Gasteiger partial charge in [0.1, 0.15) is 11.5 Å². The van der Waals surface area contributed by atoms with Gasteiger partial charge in [0.25, 0.3) is 12.5 Å². The van der Waals surface area contributed by atoms with E-state index in [0.29, 0.717) is 11.5 Å². The Morgan fingerprint density at radius 3 is 1.21 bits per heavy atom. The van der Waals surface area contributed by atoms with E-state index < -0.39 is 0 Å². The quantitative estimate of drug-likeness (QED) is 0.300. The Bertz CT molecular complexity index is 1310. The topological polar surface area (TPSA) is 66.0 Å². The molecule has 0 heterocycles. The summed E-state index contributed by atoms with van der Waals surface area (Å²) in [6.45, 7) is 7.88. The highest BCUT2D eigenvalue weighted by Gasteiger charge is 2.10. The van der Waals surface area contributed by atoms with Crippen molar-refractivity contribution in [1.29, 1.82) is 10.5 Å². The zero-order valence-electron chi connectivity index (χ0n) is 19.9. The molecule has 0 atom stereocenters. The van der Waals surface area contributed by atoms with Crippen LogP contribution in [0.3, 0.4) is 0 Å². The molecule has 0 fully saturated rings. The number of ether oxygens (including phenoxy) is 2. The van der Waals surface area contributed by atoms with Crippen molar-refractivity contribution in [2.45, 2.75) is 40.5 Å². The van der Waals surface area contributed by atoms with Crippen molar-refractivity contribution in [3.63, 3.8) is 0 Å². The molecular weight excluding hydrogens is 420 g/mol. The predicted octanol–water partition coefficient (Wildman–Crippen LogP) is 6.97. The zero-order chi connectivity index (χ0) is 24.2. The van der Waals surface area contributed by atoms with Gasteiger partial charge in [-0.15, -0.1) is 10.5 Å². The van der Waals surface area contributed by atoms with E-state index in [0.717, 1.165) is 35.1 Å². The number of rotatable bonds is 6. The highest BCUT2D eigenvalue weighted by atomic mass is 16.5. The van der Waals surface area contributed by atoms with E-state index in [2.05, 4.69) is 60.7 Å². The summed E-state index contributed by atoms with van der Waals surface area (Å²) in [4.78, 5) is 0. The third-order valence-electron chi connectivity index (χ3n) is 6.12. The van der Waals surface area contributed by atoms with E-state index in [1.807, 2.05) is 27.7 Å². The van der Waals surface area contributed by atoms with Crippen molar-refractivity contribution >= 4 is 10.8 Å². The number of nitriles is 2. The molecule has 0 radical (unpaired) electrons. The summed E-state index contributed by atoms with van der Waals surface area (Å²) >= 11 is 0. The molecule has 0 aliphatic carbocycles. The average Bonchev–Trinajstić information content (AvgIpc) is 2.79. The summed E-state index contributed by atoms with van der Waals surface area (Å²) < 4.78 is 10.2. The third-order valence-corrected chi connectivity index (χ3v) is 6.12. The molecule has 0 aliphatic heterocycles. The second kappa shape index (κ2) is 9.69. The summed E-state index contributed by atoms with van der Waals surface area (Å²) in [7, 11) is 0. The third kappa shape index (κ3) is 4.87. The van der Waals surface area contributed by atoms with Gasteiger partial charge in [-0.1, -0.05) is 60.7 Å². The first kappa shape index (κ1) is 22.9. The van der Waals surface area contributed by atoms with Crippen molar-refractivity contribution in [2.24, 2.45) is 0 Å². The SMILES string of the molecule is Cc1cc(Cc2ccc3cc(Cc4cc(C)c(OC#N)c(C)c4)ccc3c2)cc(C)c1OC#N. The van der Waals surface area contributed by atoms with Crippen molar-refractivity contribution in [2.75, 3.05) is 0 Å². The van der Waals surface area contributed by atoms with Crippen LogP contribution in [0, 0.1) is 50.7 Å². The molecule has 34 heavy (non-hydrogen) atoms. The lowest BCUT2D eigenvalue weighted by Gasteiger charge is -2.12. The van der Waals surface area contributed by atoms with Gasteiger partial charge < -0.3 is 9.47 Å². The van der Waals surface area contributed by atoms with Crippen LogP contribution in [0.2, 0.25) is 0 Å². The fourth-order valence-corrected chi connectivity index (χ4v) is 4.73. The molecule has 0 saturated heterocycles. The average molecular weight is 447 g/mol. The highest BCUT2D eigenvalue weighted by molar-refractivity contribution is 5.84. The van der Waals surface area contributed by atoms with Crippen LogP contribution in [0.4, 0.5) is 0 Å². The maximum Gasteiger partial charge on any atom is 0.292 e. The lowest BCUT2D eigenvalue weighted by atomic mass is 9.95. The number of hydrogen-bond donors (Lipinski definition) is 0. The van der Waals surface area contributed by atoms with E-state index in [-0.39, 0.29) is 0 Å². The first-order valence-corrected chi connectivity index (χ1v) is 11.2. The lowest BCUT2D eigenvalue weighted by molar-refractivity contribution is 0.498. The van der Waals surface area contributed by atoms with Crippen LogP contribution >= 0.6 is 0 Å². The summed E-state index contributed by atoms with van der Waals surface area (Å²) in [6.07, 6.45) is 5.18. The molecule has 0 N–H and O–H groups in total. The standard InChI is InChI=1S/C30H26N2O2/c1-19-9-25(10-20(2)29(19)33-17-31)13-23-5-7-28-16-24(6-8-27(28)15-23)14-26-11-21(3)30(34-18-32)22(4)12-26/h5-12,15-16H,13-14H2,1-4H3. The molecular formula is C30H26N2O2. The first-order valence-electron chi connectivity index (χ1n) is 11.2. The summed E-state index contributed by atoms with van der Waals surface area (Å²) in [5, 5.41) is 20.1. The van der Waals surface area contributed by atoms with Gasteiger partial charge in [0.2, 0.25) is 0 Å². The number of fused-ring (bicyclic) bond motifs is 1. The molecule has 4 rings (SSSR count). The van der Waals surface area contributed by atoms with E-state index in [9.17, 15) is 0 Å². The van der Waals surface area contributed by atoms with Crippen LogP contribution in [0.25, 0.3) is 10.8 Å². The van der Waals surface area contributed by atoms with Crippen LogP contribution < -0.4 is 9.47 Å². The highest BCUT2D eigenvalue weighted by Crippen LogP contribution is 2.28. The van der Waals surface area contributed by atoms with Crippen molar-refractivity contribution < 1.29 is 9.47 Å². The monoisotopic (exact) mass is 446 g/mol. The molecule has 0 unspecified atom stereocenters. The maximum absolute atomic E-state index is 8.84. The Morgan fingerprint density at radius 1 is 0.529 bits per heavy atom. The van der Waals surface area contributed by atoms with E-state index >= 15 is 0 Å². The Labute approximate surface area is 200 Å². The smallest absolute Gasteiger partial charge is 0.292 e. The van der Waals surface area contributed by atoms with Gasteiger partial charge in [-0.3, -0.25) is 0 Å². The van der Waals surface area contributed by atoms with Gasteiger partial charge in [-0.25, -0.2) is 0 Å². The molecule has 168 valence electrons. The molecule has 0 amide bonds. The molecule has 0 aliphatic rings. The van der Waals surface area contributed by atoms with Crippen LogP contribution in [-0.2, 0) is 12.8 Å². The Kier molecular flexibility index (Phi) is 6.53. The van der Waals surface area contributed by atoms with E-state index in [1.54, 1.807) is 12.5 Å². The van der Waals surface area contributed by atoms with Crippen molar-refractivity contribution in [3.05, 3.63) is 105 Å². The fourth-order valence-electron chi connectivity index (χ4n) is 4.73. The first-order chi connectivity index (χ1) is 16.4. The van der Waals surface area contributed by atoms with Crippen LogP contribution in [0.15, 0.2) is 60.7 Å². The fraction of sp³-hybridized carbons (Fsp3) is 0.200. The van der Waals surface area contributed by atoms with Crippen molar-refractivity contribution in [1.82, 2.24) is 0 Å². The minimum absolute atomic E-state index is 0.648. The van der Waals surface area contributed by atoms with Crippen molar-refractivity contribution in [3.8, 4) is 24.0 Å². The van der Waals surface area contributed by atoms with Crippen LogP contribution in [-0.4, -0.2) is 0 Å². The Balaban J connectivity index is 1.55. The second-order valence-electron chi connectivity index (χ2n) is 8.87. The molecule has 4 aromatic rings. The summed E-state index contributed by atoms with van der Waals surface area (Å²) in [5.74, 6) is 1.30. The predicted molar refractivity (Wildman–Crippen MR) is 134 cm³/mol. The molecule has 4 nitrogen and oxygen atoms in total. The normalized spacial score (nSPS) is 10.5. The molecule has 0 saturated carbocycles. The molecule has 4 heteroatoms. The Hall–Kier alpha value is -4.28. The number of hydrogen-bond acceptors (Lipinski definition) is 4.